The second-order valence-electron chi connectivity index (χ2n) is 6.97. The summed E-state index contributed by atoms with van der Waals surface area (Å²) < 4.78 is 12.3. The van der Waals surface area contributed by atoms with Crippen molar-refractivity contribution < 1.29 is 14.3 Å². The molecule has 0 bridgehead atoms. The summed E-state index contributed by atoms with van der Waals surface area (Å²) in [7, 11) is 3.34. The molecule has 3 heterocycles. The normalized spacial score (nSPS) is 20.9. The third-order valence-electron chi connectivity index (χ3n) is 5.21. The summed E-state index contributed by atoms with van der Waals surface area (Å²) in [6, 6.07) is 1.67. The molecule has 0 aliphatic carbocycles. The number of nitrogens with zero attached hydrogens (tertiary/aromatic N) is 3. The van der Waals surface area contributed by atoms with Crippen molar-refractivity contribution in [1.29, 1.82) is 0 Å². The second kappa shape index (κ2) is 7.53. The molecule has 0 aromatic carbocycles. The molecule has 2 aliphatic heterocycles. The molecule has 2 fully saturated rings. The molecule has 2 saturated heterocycles. The molecule has 0 unspecified atom stereocenters. The Morgan fingerprint density at radius 3 is 2.71 bits per heavy atom. The third kappa shape index (κ3) is 3.89. The van der Waals surface area contributed by atoms with Crippen molar-refractivity contribution >= 4 is 5.91 Å². The molecule has 7 heteroatoms. The van der Waals surface area contributed by atoms with E-state index >= 15 is 0 Å². The van der Waals surface area contributed by atoms with Gasteiger partial charge < -0.3 is 19.7 Å². The fraction of sp³-hybridized carbons (Fsp3) is 0.765. The minimum atomic E-state index is -0.138. The van der Waals surface area contributed by atoms with E-state index in [4.69, 9.17) is 9.47 Å². The Bertz CT molecular complexity index is 560. The number of hydrogen-bond acceptors (Lipinski definition) is 5. The van der Waals surface area contributed by atoms with Crippen molar-refractivity contribution in [3.05, 3.63) is 11.8 Å². The van der Waals surface area contributed by atoms with Gasteiger partial charge in [0.15, 0.2) is 5.69 Å². The summed E-state index contributed by atoms with van der Waals surface area (Å²) in [6.45, 7) is 5.62. The number of ether oxygens (including phenoxy) is 2. The maximum Gasteiger partial charge on any atom is 0.271 e. The molecule has 1 aromatic rings. The van der Waals surface area contributed by atoms with E-state index in [9.17, 15) is 4.79 Å². The minimum absolute atomic E-state index is 0.108. The molecular formula is C17H28N4O3. The zero-order valence-corrected chi connectivity index (χ0v) is 14.7. The molecule has 0 spiro atoms. The Morgan fingerprint density at radius 1 is 1.38 bits per heavy atom. The second-order valence-corrected chi connectivity index (χ2v) is 6.97. The molecule has 134 valence electrons. The van der Waals surface area contributed by atoms with Crippen LogP contribution in [0.3, 0.4) is 0 Å². The first-order valence-electron chi connectivity index (χ1n) is 8.78. The fourth-order valence-corrected chi connectivity index (χ4v) is 3.72. The number of aromatic nitrogens is 2. The van der Waals surface area contributed by atoms with Crippen LogP contribution in [0.1, 0.15) is 36.2 Å². The van der Waals surface area contributed by atoms with Gasteiger partial charge in [0.2, 0.25) is 5.88 Å². The predicted molar refractivity (Wildman–Crippen MR) is 90.3 cm³/mol. The van der Waals surface area contributed by atoms with Crippen molar-refractivity contribution in [3.8, 4) is 5.88 Å². The highest BCUT2D eigenvalue weighted by molar-refractivity contribution is 5.92. The van der Waals surface area contributed by atoms with Crippen molar-refractivity contribution in [3.63, 3.8) is 0 Å². The van der Waals surface area contributed by atoms with Gasteiger partial charge in [-0.15, -0.1) is 0 Å². The first-order chi connectivity index (χ1) is 11.6. The van der Waals surface area contributed by atoms with Gasteiger partial charge in [0.1, 0.15) is 0 Å². The van der Waals surface area contributed by atoms with Gasteiger partial charge in [0.25, 0.3) is 5.91 Å². The van der Waals surface area contributed by atoms with Crippen LogP contribution in [0.4, 0.5) is 0 Å². The molecule has 0 radical (unpaired) electrons. The SMILES string of the molecule is COc1cc(C(=O)NCC2(CN3CCCC3)CCOCC2)nn1C. The van der Waals surface area contributed by atoms with Gasteiger partial charge in [-0.1, -0.05) is 0 Å². The van der Waals surface area contributed by atoms with Gasteiger partial charge in [-0.25, -0.2) is 4.68 Å². The lowest BCUT2D eigenvalue weighted by molar-refractivity contribution is -0.000655. The molecule has 2 aliphatic rings. The van der Waals surface area contributed by atoms with E-state index in [0.29, 0.717) is 18.1 Å². The zero-order chi connectivity index (χ0) is 17.0. The number of carbonyl (C=O) groups is 1. The van der Waals surface area contributed by atoms with Crippen LogP contribution in [0, 0.1) is 5.41 Å². The average Bonchev–Trinajstić information content (AvgIpc) is 3.23. The molecule has 3 rings (SSSR count). The van der Waals surface area contributed by atoms with Crippen LogP contribution in [-0.4, -0.2) is 67.1 Å². The smallest absolute Gasteiger partial charge is 0.271 e. The first-order valence-corrected chi connectivity index (χ1v) is 8.78. The molecule has 1 amide bonds. The largest absolute Gasteiger partial charge is 0.481 e. The number of carbonyl (C=O) groups excluding carboxylic acids is 1. The maximum absolute atomic E-state index is 12.5. The minimum Gasteiger partial charge on any atom is -0.481 e. The molecule has 1 N–H and O–H groups in total. The van der Waals surface area contributed by atoms with Gasteiger partial charge >= 0.3 is 0 Å². The van der Waals surface area contributed by atoms with E-state index in [-0.39, 0.29) is 11.3 Å². The Balaban J connectivity index is 1.62. The number of amides is 1. The summed E-state index contributed by atoms with van der Waals surface area (Å²) in [6.07, 6.45) is 4.56. The van der Waals surface area contributed by atoms with Gasteiger partial charge in [-0.2, -0.15) is 5.10 Å². The Hall–Kier alpha value is -1.60. The van der Waals surface area contributed by atoms with Crippen LogP contribution in [0.2, 0.25) is 0 Å². The Morgan fingerprint density at radius 2 is 2.08 bits per heavy atom. The lowest BCUT2D eigenvalue weighted by Gasteiger charge is -2.40. The standard InChI is InChI=1S/C17H28N4O3/c1-20-15(23-2)11-14(19-20)16(22)18-12-17(5-9-24-10-6-17)13-21-7-3-4-8-21/h11H,3-10,12-13H2,1-2H3,(H,18,22). The number of nitrogens with one attached hydrogen (secondary N) is 1. The monoisotopic (exact) mass is 336 g/mol. The fourth-order valence-electron chi connectivity index (χ4n) is 3.72. The van der Waals surface area contributed by atoms with Crippen LogP contribution in [0.25, 0.3) is 0 Å². The van der Waals surface area contributed by atoms with Crippen molar-refractivity contribution in [2.24, 2.45) is 12.5 Å². The van der Waals surface area contributed by atoms with Crippen LogP contribution >= 0.6 is 0 Å². The van der Waals surface area contributed by atoms with E-state index < -0.39 is 0 Å². The molecule has 24 heavy (non-hydrogen) atoms. The number of likely N-dealkylation sites (tertiary alicyclic amines) is 1. The molecule has 0 saturated carbocycles. The van der Waals surface area contributed by atoms with Crippen molar-refractivity contribution in [2.75, 3.05) is 46.5 Å². The lowest BCUT2D eigenvalue weighted by atomic mass is 9.79. The number of aryl methyl sites for hydroxylation is 1. The summed E-state index contributed by atoms with van der Waals surface area (Å²) in [5, 5.41) is 7.31. The molecule has 1 aromatic heterocycles. The topological polar surface area (TPSA) is 68.6 Å². The highest BCUT2D eigenvalue weighted by Crippen LogP contribution is 2.32. The summed E-state index contributed by atoms with van der Waals surface area (Å²) >= 11 is 0. The van der Waals surface area contributed by atoms with Gasteiger partial charge in [-0.3, -0.25) is 4.79 Å². The maximum atomic E-state index is 12.5. The highest BCUT2D eigenvalue weighted by atomic mass is 16.5. The highest BCUT2D eigenvalue weighted by Gasteiger charge is 2.35. The molecule has 0 atom stereocenters. The van der Waals surface area contributed by atoms with E-state index in [1.165, 1.54) is 25.9 Å². The Kier molecular flexibility index (Phi) is 5.40. The van der Waals surface area contributed by atoms with E-state index in [1.54, 1.807) is 24.9 Å². The summed E-state index contributed by atoms with van der Waals surface area (Å²) in [4.78, 5) is 15.0. The first kappa shape index (κ1) is 17.2. The quantitative estimate of drug-likeness (QED) is 0.841. The van der Waals surface area contributed by atoms with Crippen LogP contribution < -0.4 is 10.1 Å². The van der Waals surface area contributed by atoms with E-state index in [2.05, 4.69) is 15.3 Å². The van der Waals surface area contributed by atoms with E-state index in [1.807, 2.05) is 0 Å². The molecule has 7 nitrogen and oxygen atoms in total. The third-order valence-corrected chi connectivity index (χ3v) is 5.21. The van der Waals surface area contributed by atoms with Crippen LogP contribution in [-0.2, 0) is 11.8 Å². The Labute approximate surface area is 143 Å². The number of rotatable bonds is 6. The number of hydrogen-bond donors (Lipinski definition) is 1. The molecular weight excluding hydrogens is 308 g/mol. The van der Waals surface area contributed by atoms with Crippen molar-refractivity contribution in [1.82, 2.24) is 20.0 Å². The zero-order valence-electron chi connectivity index (χ0n) is 14.7. The summed E-state index contributed by atoms with van der Waals surface area (Å²) in [5.41, 5.74) is 0.509. The average molecular weight is 336 g/mol. The predicted octanol–water partition coefficient (Wildman–Crippen LogP) is 1.05. The number of methoxy groups -OCH3 is 1. The lowest BCUT2D eigenvalue weighted by Crippen LogP contribution is -2.48. The van der Waals surface area contributed by atoms with Gasteiger partial charge in [-0.05, 0) is 38.8 Å². The summed E-state index contributed by atoms with van der Waals surface area (Å²) in [5.74, 6) is 0.444. The van der Waals surface area contributed by atoms with Crippen LogP contribution in [0.5, 0.6) is 5.88 Å². The van der Waals surface area contributed by atoms with Crippen LogP contribution in [0.15, 0.2) is 6.07 Å². The van der Waals surface area contributed by atoms with Gasteiger partial charge in [0, 0.05) is 44.8 Å². The van der Waals surface area contributed by atoms with E-state index in [0.717, 1.165) is 32.6 Å². The van der Waals surface area contributed by atoms with Gasteiger partial charge in [0.05, 0.1) is 7.11 Å². The van der Waals surface area contributed by atoms with Crippen molar-refractivity contribution in [2.45, 2.75) is 25.7 Å².